The van der Waals surface area contributed by atoms with Gasteiger partial charge in [0, 0.05) is 0 Å². The molecule has 0 unspecified atom stereocenters. The van der Waals surface area contributed by atoms with Crippen molar-refractivity contribution >= 4 is 17.0 Å². The molecule has 1 aromatic carbocycles. The zero-order valence-electron chi connectivity index (χ0n) is 9.54. The van der Waals surface area contributed by atoms with Gasteiger partial charge in [-0.1, -0.05) is 12.1 Å². The molecule has 0 radical (unpaired) electrons. The summed E-state index contributed by atoms with van der Waals surface area (Å²) in [7, 11) is 1.49. The molecule has 2 aromatic rings. The number of ether oxygens (including phenoxy) is 1. The Hall–Kier alpha value is -2.08. The van der Waals surface area contributed by atoms with E-state index in [1.807, 2.05) is 12.1 Å². The van der Waals surface area contributed by atoms with Crippen LogP contribution in [0.4, 0.5) is 4.79 Å². The Morgan fingerprint density at radius 3 is 2.88 bits per heavy atom. The van der Waals surface area contributed by atoms with Crippen LogP contribution in [-0.4, -0.2) is 29.6 Å². The predicted molar refractivity (Wildman–Crippen MR) is 59.8 cm³/mol. The summed E-state index contributed by atoms with van der Waals surface area (Å²) in [5, 5.41) is 4.74. The van der Waals surface area contributed by atoms with Crippen molar-refractivity contribution in [1.29, 1.82) is 0 Å². The molecule has 0 amide bonds. The molecule has 17 heavy (non-hydrogen) atoms. The maximum atomic E-state index is 11.6. The van der Waals surface area contributed by atoms with Crippen LogP contribution in [0.25, 0.3) is 10.9 Å². The fraction of sp³-hybridized carbons (Fsp3) is 0.273. The van der Waals surface area contributed by atoms with Gasteiger partial charge in [0.2, 0.25) is 5.88 Å². The van der Waals surface area contributed by atoms with Crippen molar-refractivity contribution in [3.63, 3.8) is 0 Å². The van der Waals surface area contributed by atoms with Crippen LogP contribution in [0.1, 0.15) is 6.92 Å². The average Bonchev–Trinajstić information content (AvgIpc) is 2.75. The number of hydrogen-bond donors (Lipinski definition) is 0. The first-order chi connectivity index (χ1) is 8.27. The Morgan fingerprint density at radius 2 is 2.18 bits per heavy atom. The Kier molecular flexibility index (Phi) is 3.24. The number of para-hydroxylation sites is 1. The van der Waals surface area contributed by atoms with E-state index in [4.69, 9.17) is 4.74 Å². The van der Waals surface area contributed by atoms with Crippen LogP contribution >= 0.6 is 0 Å². The summed E-state index contributed by atoms with van der Waals surface area (Å²) in [6.07, 6.45) is -0.702. The molecule has 0 aliphatic heterocycles. The number of nitrogens with zero attached hydrogens (tertiary/aromatic N) is 2. The van der Waals surface area contributed by atoms with E-state index in [0.717, 1.165) is 10.1 Å². The lowest BCUT2D eigenvalue weighted by Crippen LogP contribution is -2.15. The Bertz CT molecular complexity index is 535. The lowest BCUT2D eigenvalue weighted by atomic mass is 10.2. The van der Waals surface area contributed by atoms with Crippen LogP contribution in [0.3, 0.4) is 0 Å². The summed E-state index contributed by atoms with van der Waals surface area (Å²) in [6, 6.07) is 7.20. The molecule has 1 aromatic heterocycles. The molecule has 0 bridgehead atoms. The Labute approximate surface area is 97.6 Å². The summed E-state index contributed by atoms with van der Waals surface area (Å²) in [4.78, 5) is 20.8. The van der Waals surface area contributed by atoms with E-state index < -0.39 is 6.09 Å². The van der Waals surface area contributed by atoms with Crippen molar-refractivity contribution in [2.24, 2.45) is 0 Å². The quantitative estimate of drug-likeness (QED) is 0.602. The molecule has 6 heteroatoms. The molecule has 0 N–H and O–H groups in total. The van der Waals surface area contributed by atoms with Crippen molar-refractivity contribution in [3.8, 4) is 5.88 Å². The molecule has 6 nitrogen and oxygen atoms in total. The highest BCUT2D eigenvalue weighted by molar-refractivity contribution is 5.91. The molecule has 90 valence electrons. The summed E-state index contributed by atoms with van der Waals surface area (Å²) >= 11 is 0. The van der Waals surface area contributed by atoms with Crippen LogP contribution in [0, 0.1) is 0 Å². The molecular weight excluding hydrogens is 224 g/mol. The van der Waals surface area contributed by atoms with Crippen molar-refractivity contribution in [1.82, 2.24) is 9.78 Å². The van der Waals surface area contributed by atoms with E-state index in [0.29, 0.717) is 11.4 Å². The molecule has 0 aliphatic rings. The lowest BCUT2D eigenvalue weighted by molar-refractivity contribution is -0.234. The molecule has 0 atom stereocenters. The number of carbonyl (C=O) groups is 1. The van der Waals surface area contributed by atoms with Gasteiger partial charge < -0.3 is 4.74 Å². The standard InChI is InChI=1S/C11H12N2O4/c1-3-16-17-11(14)13-9-7-5-4-6-8(9)10(12-13)15-2/h4-7H,3H2,1-2H3. The van der Waals surface area contributed by atoms with Crippen molar-refractivity contribution in [3.05, 3.63) is 24.3 Å². The molecule has 2 rings (SSSR count). The Morgan fingerprint density at radius 1 is 1.41 bits per heavy atom. The fourth-order valence-corrected chi connectivity index (χ4v) is 1.47. The number of methoxy groups -OCH3 is 1. The molecule has 0 spiro atoms. The van der Waals surface area contributed by atoms with E-state index in [2.05, 4.69) is 14.9 Å². The van der Waals surface area contributed by atoms with E-state index >= 15 is 0 Å². The highest BCUT2D eigenvalue weighted by atomic mass is 17.2. The van der Waals surface area contributed by atoms with Gasteiger partial charge >= 0.3 is 6.09 Å². The number of carbonyl (C=O) groups excluding carboxylic acids is 1. The second-order valence-corrected chi connectivity index (χ2v) is 3.19. The average molecular weight is 236 g/mol. The second-order valence-electron chi connectivity index (χ2n) is 3.19. The number of aromatic nitrogens is 2. The topological polar surface area (TPSA) is 62.6 Å². The number of hydrogen-bond acceptors (Lipinski definition) is 5. The second kappa shape index (κ2) is 4.84. The first-order valence-electron chi connectivity index (χ1n) is 5.13. The van der Waals surface area contributed by atoms with Crippen LogP contribution < -0.4 is 4.74 Å². The first kappa shape index (κ1) is 11.4. The number of rotatable bonds is 3. The maximum Gasteiger partial charge on any atom is 0.466 e. The third-order valence-electron chi connectivity index (χ3n) is 2.17. The van der Waals surface area contributed by atoms with Gasteiger partial charge in [0.25, 0.3) is 0 Å². The first-order valence-corrected chi connectivity index (χ1v) is 5.13. The van der Waals surface area contributed by atoms with Crippen LogP contribution in [0.2, 0.25) is 0 Å². The van der Waals surface area contributed by atoms with Crippen LogP contribution in [0.5, 0.6) is 5.88 Å². The molecule has 1 heterocycles. The minimum Gasteiger partial charge on any atom is -0.479 e. The van der Waals surface area contributed by atoms with E-state index in [-0.39, 0.29) is 6.61 Å². The van der Waals surface area contributed by atoms with Gasteiger partial charge in [-0.15, -0.1) is 5.10 Å². The molecule has 0 saturated carbocycles. The minimum absolute atomic E-state index is 0.280. The van der Waals surface area contributed by atoms with Gasteiger partial charge in [-0.3, -0.25) is 4.89 Å². The molecule has 0 aliphatic carbocycles. The summed E-state index contributed by atoms with van der Waals surface area (Å²) < 4.78 is 6.18. The van der Waals surface area contributed by atoms with Crippen molar-refractivity contribution < 1.29 is 19.3 Å². The highest BCUT2D eigenvalue weighted by Crippen LogP contribution is 2.24. The monoisotopic (exact) mass is 236 g/mol. The van der Waals surface area contributed by atoms with Crippen LogP contribution in [-0.2, 0) is 9.78 Å². The third kappa shape index (κ3) is 2.07. The zero-order valence-corrected chi connectivity index (χ0v) is 9.54. The number of benzene rings is 1. The highest BCUT2D eigenvalue weighted by Gasteiger charge is 2.17. The van der Waals surface area contributed by atoms with Gasteiger partial charge in [0.1, 0.15) is 0 Å². The van der Waals surface area contributed by atoms with E-state index in [1.54, 1.807) is 19.1 Å². The zero-order chi connectivity index (χ0) is 12.3. The van der Waals surface area contributed by atoms with Gasteiger partial charge in [-0.2, -0.15) is 9.57 Å². The smallest absolute Gasteiger partial charge is 0.466 e. The Balaban J connectivity index is 2.43. The molecule has 0 fully saturated rings. The predicted octanol–water partition coefficient (Wildman–Crippen LogP) is 1.98. The third-order valence-corrected chi connectivity index (χ3v) is 2.17. The molecule has 0 saturated heterocycles. The van der Waals surface area contributed by atoms with E-state index in [9.17, 15) is 4.79 Å². The summed E-state index contributed by atoms with van der Waals surface area (Å²) in [6.45, 7) is 2.00. The largest absolute Gasteiger partial charge is 0.479 e. The number of fused-ring (bicyclic) bond motifs is 1. The lowest BCUT2D eigenvalue weighted by Gasteiger charge is -2.01. The molecular formula is C11H12N2O4. The fourth-order valence-electron chi connectivity index (χ4n) is 1.47. The normalized spacial score (nSPS) is 10.5. The van der Waals surface area contributed by atoms with Gasteiger partial charge in [-0.05, 0) is 19.1 Å². The van der Waals surface area contributed by atoms with Gasteiger partial charge in [0.15, 0.2) is 0 Å². The SMILES string of the molecule is CCOOC(=O)n1nc(OC)c2ccccc21. The van der Waals surface area contributed by atoms with E-state index in [1.165, 1.54) is 7.11 Å². The summed E-state index contributed by atoms with van der Waals surface area (Å²) in [5.74, 6) is 0.369. The van der Waals surface area contributed by atoms with Crippen LogP contribution in [0.15, 0.2) is 24.3 Å². The van der Waals surface area contributed by atoms with Gasteiger partial charge in [0.05, 0.1) is 24.6 Å². The minimum atomic E-state index is -0.702. The van der Waals surface area contributed by atoms with Crippen molar-refractivity contribution in [2.75, 3.05) is 13.7 Å². The maximum absolute atomic E-state index is 11.6. The van der Waals surface area contributed by atoms with Crippen molar-refractivity contribution in [2.45, 2.75) is 6.92 Å². The van der Waals surface area contributed by atoms with Gasteiger partial charge in [-0.25, -0.2) is 4.79 Å². The summed E-state index contributed by atoms with van der Waals surface area (Å²) in [5.41, 5.74) is 0.606.